The first-order valence-electron chi connectivity index (χ1n) is 9.39. The van der Waals surface area contributed by atoms with Crippen LogP contribution in [0, 0.1) is 6.92 Å². The summed E-state index contributed by atoms with van der Waals surface area (Å²) in [6.45, 7) is 2.67. The van der Waals surface area contributed by atoms with Crippen LogP contribution in [0.1, 0.15) is 11.1 Å². The Balaban J connectivity index is 1.70. The van der Waals surface area contributed by atoms with Crippen LogP contribution >= 0.6 is 0 Å². The Hall–Kier alpha value is -3.51. The summed E-state index contributed by atoms with van der Waals surface area (Å²) in [7, 11) is 3.90. The second-order valence-electron chi connectivity index (χ2n) is 7.50. The third-order valence-electron chi connectivity index (χ3n) is 4.79. The van der Waals surface area contributed by atoms with E-state index in [0.717, 1.165) is 38.6 Å². The maximum absolute atomic E-state index is 10.00. The SMILES string of the molecule is Cc1ccc2nc3cc(N=Nc4ccc(O)c(CN(C)C)c4)ccc3c(N)c2c1. The van der Waals surface area contributed by atoms with E-state index in [2.05, 4.69) is 16.3 Å². The lowest BCUT2D eigenvalue weighted by Gasteiger charge is -2.11. The standard InChI is InChI=1S/C23H23N5O/c1-14-4-8-20-19(10-14)23(24)18-7-5-17(12-21(18)25-20)27-26-16-6-9-22(29)15(11-16)13-28(2)3/h4-12,29H,13H2,1-3H3,(H2,24,25). The van der Waals surface area contributed by atoms with Gasteiger partial charge in [0.25, 0.3) is 0 Å². The second kappa shape index (κ2) is 7.48. The van der Waals surface area contributed by atoms with E-state index in [1.807, 2.05) is 62.3 Å². The van der Waals surface area contributed by atoms with Gasteiger partial charge in [-0.25, -0.2) is 4.98 Å². The molecule has 0 aliphatic rings. The Bertz CT molecular complexity index is 1250. The van der Waals surface area contributed by atoms with E-state index in [1.54, 1.807) is 12.1 Å². The number of nitrogens with two attached hydrogens (primary N) is 1. The van der Waals surface area contributed by atoms with Crippen molar-refractivity contribution in [2.45, 2.75) is 13.5 Å². The van der Waals surface area contributed by atoms with Crippen molar-refractivity contribution in [2.75, 3.05) is 19.8 Å². The molecule has 29 heavy (non-hydrogen) atoms. The maximum Gasteiger partial charge on any atom is 0.120 e. The van der Waals surface area contributed by atoms with Gasteiger partial charge in [0, 0.05) is 22.9 Å². The molecule has 0 saturated heterocycles. The van der Waals surface area contributed by atoms with Crippen molar-refractivity contribution >= 4 is 38.9 Å². The Morgan fingerprint density at radius 2 is 1.62 bits per heavy atom. The van der Waals surface area contributed by atoms with Crippen LogP contribution in [0.25, 0.3) is 21.8 Å². The summed E-state index contributed by atoms with van der Waals surface area (Å²) < 4.78 is 0. The molecule has 6 nitrogen and oxygen atoms in total. The lowest BCUT2D eigenvalue weighted by Crippen LogP contribution is -2.10. The number of hydrogen-bond donors (Lipinski definition) is 2. The van der Waals surface area contributed by atoms with Crippen LogP contribution in [-0.2, 0) is 6.54 Å². The van der Waals surface area contributed by atoms with Gasteiger partial charge in [-0.1, -0.05) is 11.6 Å². The van der Waals surface area contributed by atoms with Crippen LogP contribution in [0.4, 0.5) is 17.1 Å². The number of aryl methyl sites for hydroxylation is 1. The summed E-state index contributed by atoms with van der Waals surface area (Å²) in [4.78, 5) is 6.72. The summed E-state index contributed by atoms with van der Waals surface area (Å²) in [5, 5.41) is 20.5. The average molecular weight is 385 g/mol. The number of nitrogens with zero attached hydrogens (tertiary/aromatic N) is 4. The fourth-order valence-electron chi connectivity index (χ4n) is 3.36. The molecule has 1 aromatic heterocycles. The molecule has 146 valence electrons. The summed E-state index contributed by atoms with van der Waals surface area (Å²) in [6.07, 6.45) is 0. The van der Waals surface area contributed by atoms with Crippen LogP contribution in [-0.4, -0.2) is 29.1 Å². The molecule has 3 aromatic carbocycles. The number of pyridine rings is 1. The molecular formula is C23H23N5O. The van der Waals surface area contributed by atoms with E-state index in [-0.39, 0.29) is 5.75 Å². The zero-order valence-electron chi connectivity index (χ0n) is 16.7. The van der Waals surface area contributed by atoms with Gasteiger partial charge in [-0.05, 0) is 69.6 Å². The van der Waals surface area contributed by atoms with E-state index < -0.39 is 0 Å². The fraction of sp³-hybridized carbons (Fsp3) is 0.174. The van der Waals surface area contributed by atoms with Gasteiger partial charge < -0.3 is 15.7 Å². The van der Waals surface area contributed by atoms with Crippen LogP contribution in [0.2, 0.25) is 0 Å². The number of hydrogen-bond acceptors (Lipinski definition) is 6. The number of phenolic OH excluding ortho intramolecular Hbond substituents is 1. The van der Waals surface area contributed by atoms with E-state index in [0.29, 0.717) is 17.9 Å². The molecule has 0 radical (unpaired) electrons. The van der Waals surface area contributed by atoms with Crippen molar-refractivity contribution in [2.24, 2.45) is 10.2 Å². The molecule has 6 heteroatoms. The fourth-order valence-corrected chi connectivity index (χ4v) is 3.36. The normalized spacial score (nSPS) is 11.9. The Morgan fingerprint density at radius 3 is 2.38 bits per heavy atom. The predicted octanol–water partition coefficient (Wildman–Crippen LogP) is 5.46. The van der Waals surface area contributed by atoms with Crippen LogP contribution in [0.15, 0.2) is 64.8 Å². The topological polar surface area (TPSA) is 87.1 Å². The minimum atomic E-state index is 0.255. The molecule has 0 unspecified atom stereocenters. The van der Waals surface area contributed by atoms with Crippen molar-refractivity contribution in [3.63, 3.8) is 0 Å². The van der Waals surface area contributed by atoms with Gasteiger partial charge in [0.2, 0.25) is 0 Å². The number of aromatic nitrogens is 1. The molecule has 4 rings (SSSR count). The van der Waals surface area contributed by atoms with E-state index in [9.17, 15) is 5.11 Å². The summed E-state index contributed by atoms with van der Waals surface area (Å²) in [5.41, 5.74) is 12.1. The number of aromatic hydroxyl groups is 1. The molecule has 4 aromatic rings. The first kappa shape index (κ1) is 18.8. The molecule has 0 aliphatic carbocycles. The smallest absolute Gasteiger partial charge is 0.120 e. The molecule has 0 atom stereocenters. The molecule has 3 N–H and O–H groups in total. The molecular weight excluding hydrogens is 362 g/mol. The van der Waals surface area contributed by atoms with Crippen LogP contribution in [0.5, 0.6) is 5.75 Å². The van der Waals surface area contributed by atoms with Crippen LogP contribution < -0.4 is 5.73 Å². The molecule has 0 bridgehead atoms. The molecule has 0 saturated carbocycles. The first-order valence-corrected chi connectivity index (χ1v) is 9.39. The Kier molecular flexibility index (Phi) is 4.86. The minimum Gasteiger partial charge on any atom is -0.508 e. The molecule has 0 fully saturated rings. The molecule has 1 heterocycles. The Labute approximate surface area is 169 Å². The predicted molar refractivity (Wildman–Crippen MR) is 118 cm³/mol. The van der Waals surface area contributed by atoms with E-state index in [4.69, 9.17) is 10.7 Å². The van der Waals surface area contributed by atoms with Crippen molar-refractivity contribution in [1.82, 2.24) is 9.88 Å². The number of nitrogen functional groups attached to an aromatic ring is 1. The highest BCUT2D eigenvalue weighted by Crippen LogP contribution is 2.32. The highest BCUT2D eigenvalue weighted by Gasteiger charge is 2.08. The van der Waals surface area contributed by atoms with Gasteiger partial charge >= 0.3 is 0 Å². The third-order valence-corrected chi connectivity index (χ3v) is 4.79. The van der Waals surface area contributed by atoms with E-state index >= 15 is 0 Å². The largest absolute Gasteiger partial charge is 0.508 e. The van der Waals surface area contributed by atoms with Crippen LogP contribution in [0.3, 0.4) is 0 Å². The van der Waals surface area contributed by atoms with Gasteiger partial charge in [0.15, 0.2) is 0 Å². The van der Waals surface area contributed by atoms with Gasteiger partial charge in [-0.15, -0.1) is 0 Å². The maximum atomic E-state index is 10.00. The number of anilines is 1. The van der Waals surface area contributed by atoms with Gasteiger partial charge in [0.1, 0.15) is 5.75 Å². The zero-order valence-corrected chi connectivity index (χ0v) is 16.7. The molecule has 0 aliphatic heterocycles. The number of rotatable bonds is 4. The summed E-state index contributed by atoms with van der Waals surface area (Å²) in [5.74, 6) is 0.255. The number of benzene rings is 3. The van der Waals surface area contributed by atoms with Crippen molar-refractivity contribution < 1.29 is 5.11 Å². The number of azo groups is 1. The Morgan fingerprint density at radius 1 is 0.897 bits per heavy atom. The van der Waals surface area contributed by atoms with Crippen molar-refractivity contribution in [3.05, 3.63) is 65.7 Å². The first-order chi connectivity index (χ1) is 13.9. The zero-order chi connectivity index (χ0) is 20.5. The van der Waals surface area contributed by atoms with Gasteiger partial charge in [-0.2, -0.15) is 10.2 Å². The summed E-state index contributed by atoms with van der Waals surface area (Å²) >= 11 is 0. The lowest BCUT2D eigenvalue weighted by molar-refractivity contribution is 0.386. The lowest BCUT2D eigenvalue weighted by atomic mass is 10.1. The molecule has 0 spiro atoms. The van der Waals surface area contributed by atoms with Crippen molar-refractivity contribution in [1.29, 1.82) is 0 Å². The number of phenols is 1. The van der Waals surface area contributed by atoms with Crippen molar-refractivity contribution in [3.8, 4) is 5.75 Å². The third kappa shape index (κ3) is 3.88. The second-order valence-corrected chi connectivity index (χ2v) is 7.50. The summed E-state index contributed by atoms with van der Waals surface area (Å²) in [6, 6.07) is 17.0. The minimum absolute atomic E-state index is 0.255. The highest BCUT2D eigenvalue weighted by molar-refractivity contribution is 6.07. The van der Waals surface area contributed by atoms with Gasteiger partial charge in [0.05, 0.1) is 28.1 Å². The average Bonchev–Trinajstić information content (AvgIpc) is 2.69. The monoisotopic (exact) mass is 385 g/mol. The van der Waals surface area contributed by atoms with Gasteiger partial charge in [-0.3, -0.25) is 0 Å². The highest BCUT2D eigenvalue weighted by atomic mass is 16.3. The molecule has 0 amide bonds. The number of fused-ring (bicyclic) bond motifs is 2. The van der Waals surface area contributed by atoms with E-state index in [1.165, 1.54) is 0 Å². The quantitative estimate of drug-likeness (QED) is 0.361.